The SMILES string of the molecule is CC(C)CC(NC(=O)c1cccc(C#N)c1)c1ccccc1. The highest BCUT2D eigenvalue weighted by Gasteiger charge is 2.17. The lowest BCUT2D eigenvalue weighted by Gasteiger charge is -2.21. The van der Waals surface area contributed by atoms with Crippen molar-refractivity contribution < 1.29 is 4.79 Å². The molecule has 0 aliphatic carbocycles. The minimum Gasteiger partial charge on any atom is -0.345 e. The normalized spacial score (nSPS) is 11.7. The summed E-state index contributed by atoms with van der Waals surface area (Å²) in [5.41, 5.74) is 2.11. The Morgan fingerprint density at radius 2 is 1.86 bits per heavy atom. The first-order valence-electron chi connectivity index (χ1n) is 7.46. The van der Waals surface area contributed by atoms with Gasteiger partial charge in [0.05, 0.1) is 17.7 Å². The van der Waals surface area contributed by atoms with Crippen LogP contribution < -0.4 is 5.32 Å². The van der Waals surface area contributed by atoms with Crippen LogP contribution in [0, 0.1) is 17.2 Å². The Labute approximate surface area is 131 Å². The third kappa shape index (κ3) is 4.20. The van der Waals surface area contributed by atoms with Crippen LogP contribution in [0.3, 0.4) is 0 Å². The summed E-state index contributed by atoms with van der Waals surface area (Å²) >= 11 is 0. The number of nitrogens with one attached hydrogen (secondary N) is 1. The van der Waals surface area contributed by atoms with Gasteiger partial charge in [-0.25, -0.2) is 0 Å². The Morgan fingerprint density at radius 3 is 2.50 bits per heavy atom. The number of hydrogen-bond acceptors (Lipinski definition) is 2. The number of nitrogens with zero attached hydrogens (tertiary/aromatic N) is 1. The molecule has 0 aromatic heterocycles. The van der Waals surface area contributed by atoms with Gasteiger partial charge in [-0.1, -0.05) is 50.2 Å². The number of hydrogen-bond donors (Lipinski definition) is 1. The van der Waals surface area contributed by atoms with Crippen molar-refractivity contribution in [2.24, 2.45) is 5.92 Å². The molecule has 0 heterocycles. The predicted octanol–water partition coefficient (Wildman–Crippen LogP) is 4.08. The fourth-order valence-electron chi connectivity index (χ4n) is 2.41. The van der Waals surface area contributed by atoms with Gasteiger partial charge in [-0.05, 0) is 36.1 Å². The van der Waals surface area contributed by atoms with E-state index in [-0.39, 0.29) is 11.9 Å². The van der Waals surface area contributed by atoms with Gasteiger partial charge in [0, 0.05) is 5.56 Å². The van der Waals surface area contributed by atoms with Crippen LogP contribution in [0.25, 0.3) is 0 Å². The zero-order valence-electron chi connectivity index (χ0n) is 12.9. The maximum absolute atomic E-state index is 12.5. The van der Waals surface area contributed by atoms with Crippen LogP contribution in [-0.2, 0) is 0 Å². The van der Waals surface area contributed by atoms with Crippen LogP contribution in [-0.4, -0.2) is 5.91 Å². The van der Waals surface area contributed by atoms with E-state index in [1.54, 1.807) is 24.3 Å². The van der Waals surface area contributed by atoms with Crippen LogP contribution in [0.4, 0.5) is 0 Å². The summed E-state index contributed by atoms with van der Waals surface area (Å²) in [5.74, 6) is 0.322. The second kappa shape index (κ2) is 7.42. The molecule has 1 N–H and O–H groups in total. The van der Waals surface area contributed by atoms with Gasteiger partial charge < -0.3 is 5.32 Å². The lowest BCUT2D eigenvalue weighted by Crippen LogP contribution is -2.29. The third-order valence-electron chi connectivity index (χ3n) is 3.47. The van der Waals surface area contributed by atoms with E-state index in [2.05, 4.69) is 25.2 Å². The van der Waals surface area contributed by atoms with Gasteiger partial charge in [0.25, 0.3) is 5.91 Å². The molecule has 3 nitrogen and oxygen atoms in total. The van der Waals surface area contributed by atoms with Crippen molar-refractivity contribution >= 4 is 5.91 Å². The van der Waals surface area contributed by atoms with Crippen LogP contribution in [0.15, 0.2) is 54.6 Å². The van der Waals surface area contributed by atoms with Gasteiger partial charge in [-0.15, -0.1) is 0 Å². The first-order chi connectivity index (χ1) is 10.6. The van der Waals surface area contributed by atoms with Crippen molar-refractivity contribution in [3.05, 3.63) is 71.3 Å². The minimum absolute atomic E-state index is 0.0283. The number of rotatable bonds is 5. The molecule has 2 rings (SSSR count). The molecule has 1 amide bonds. The highest BCUT2D eigenvalue weighted by atomic mass is 16.1. The fraction of sp³-hybridized carbons (Fsp3) is 0.263. The lowest BCUT2D eigenvalue weighted by atomic mass is 9.96. The molecule has 0 saturated carbocycles. The summed E-state index contributed by atoms with van der Waals surface area (Å²) in [7, 11) is 0. The summed E-state index contributed by atoms with van der Waals surface area (Å²) in [6.45, 7) is 4.27. The fourth-order valence-corrected chi connectivity index (χ4v) is 2.41. The smallest absolute Gasteiger partial charge is 0.251 e. The molecule has 2 aromatic carbocycles. The molecule has 0 radical (unpaired) electrons. The molecule has 0 saturated heterocycles. The maximum Gasteiger partial charge on any atom is 0.251 e. The molecule has 1 unspecified atom stereocenters. The molecule has 3 heteroatoms. The Morgan fingerprint density at radius 1 is 1.14 bits per heavy atom. The van der Waals surface area contributed by atoms with Gasteiger partial charge in [0.2, 0.25) is 0 Å². The minimum atomic E-state index is -0.147. The molecule has 0 bridgehead atoms. The van der Waals surface area contributed by atoms with E-state index in [0.29, 0.717) is 17.0 Å². The van der Waals surface area contributed by atoms with E-state index in [9.17, 15) is 4.79 Å². The predicted molar refractivity (Wildman–Crippen MR) is 87.3 cm³/mol. The Bertz CT molecular complexity index is 671. The second-order valence-corrected chi connectivity index (χ2v) is 5.76. The van der Waals surface area contributed by atoms with Gasteiger partial charge in [-0.3, -0.25) is 4.79 Å². The van der Waals surface area contributed by atoms with E-state index >= 15 is 0 Å². The highest BCUT2D eigenvalue weighted by molar-refractivity contribution is 5.94. The van der Waals surface area contributed by atoms with Crippen molar-refractivity contribution in [3.63, 3.8) is 0 Å². The van der Waals surface area contributed by atoms with Gasteiger partial charge in [0.1, 0.15) is 0 Å². The van der Waals surface area contributed by atoms with Gasteiger partial charge in [0.15, 0.2) is 0 Å². The molecule has 0 aliphatic rings. The second-order valence-electron chi connectivity index (χ2n) is 5.76. The third-order valence-corrected chi connectivity index (χ3v) is 3.47. The van der Waals surface area contributed by atoms with Crippen molar-refractivity contribution in [1.82, 2.24) is 5.32 Å². The first-order valence-corrected chi connectivity index (χ1v) is 7.46. The van der Waals surface area contributed by atoms with Crippen molar-refractivity contribution in [2.75, 3.05) is 0 Å². The molecular formula is C19H20N2O. The highest BCUT2D eigenvalue weighted by Crippen LogP contribution is 2.21. The number of benzene rings is 2. The molecule has 0 fully saturated rings. The molecule has 1 atom stereocenters. The first kappa shape index (κ1) is 15.8. The van der Waals surface area contributed by atoms with Crippen LogP contribution >= 0.6 is 0 Å². The van der Waals surface area contributed by atoms with E-state index in [1.807, 2.05) is 30.3 Å². The van der Waals surface area contributed by atoms with Crippen LogP contribution in [0.5, 0.6) is 0 Å². The maximum atomic E-state index is 12.5. The Balaban J connectivity index is 2.19. The average molecular weight is 292 g/mol. The van der Waals surface area contributed by atoms with Crippen molar-refractivity contribution in [3.8, 4) is 6.07 Å². The van der Waals surface area contributed by atoms with E-state index in [0.717, 1.165) is 12.0 Å². The number of amides is 1. The van der Waals surface area contributed by atoms with Crippen molar-refractivity contribution in [1.29, 1.82) is 5.26 Å². The Kier molecular flexibility index (Phi) is 5.32. The molecule has 22 heavy (non-hydrogen) atoms. The summed E-state index contributed by atoms with van der Waals surface area (Å²) in [5, 5.41) is 12.0. The number of carbonyl (C=O) groups is 1. The average Bonchev–Trinajstić information content (AvgIpc) is 2.54. The zero-order chi connectivity index (χ0) is 15.9. The van der Waals surface area contributed by atoms with E-state index < -0.39 is 0 Å². The molecule has 0 aliphatic heterocycles. The van der Waals surface area contributed by atoms with Crippen LogP contribution in [0.1, 0.15) is 47.8 Å². The summed E-state index contributed by atoms with van der Waals surface area (Å²) in [4.78, 5) is 12.5. The quantitative estimate of drug-likeness (QED) is 0.903. The van der Waals surface area contributed by atoms with Crippen molar-refractivity contribution in [2.45, 2.75) is 26.3 Å². The van der Waals surface area contributed by atoms with E-state index in [1.165, 1.54) is 0 Å². The van der Waals surface area contributed by atoms with Gasteiger partial charge in [-0.2, -0.15) is 5.26 Å². The molecular weight excluding hydrogens is 272 g/mol. The summed E-state index contributed by atoms with van der Waals surface area (Å²) in [6.07, 6.45) is 0.869. The molecule has 0 spiro atoms. The van der Waals surface area contributed by atoms with E-state index in [4.69, 9.17) is 5.26 Å². The monoisotopic (exact) mass is 292 g/mol. The Hall–Kier alpha value is -2.60. The summed E-state index contributed by atoms with van der Waals surface area (Å²) < 4.78 is 0. The molecule has 2 aromatic rings. The largest absolute Gasteiger partial charge is 0.345 e. The standard InChI is InChI=1S/C19H20N2O/c1-14(2)11-18(16-8-4-3-5-9-16)21-19(22)17-10-6-7-15(12-17)13-20/h3-10,12,14,18H,11H2,1-2H3,(H,21,22). The summed E-state index contributed by atoms with van der Waals surface area (Å²) in [6, 6.07) is 18.8. The molecule has 112 valence electrons. The number of carbonyl (C=O) groups excluding carboxylic acids is 1. The topological polar surface area (TPSA) is 52.9 Å². The number of nitriles is 1. The zero-order valence-corrected chi connectivity index (χ0v) is 12.9. The van der Waals surface area contributed by atoms with Crippen LogP contribution in [0.2, 0.25) is 0 Å². The lowest BCUT2D eigenvalue weighted by molar-refractivity contribution is 0.0932. The van der Waals surface area contributed by atoms with Gasteiger partial charge >= 0.3 is 0 Å².